The molecule has 0 spiro atoms. The second-order valence-corrected chi connectivity index (χ2v) is 2.23. The van der Waals surface area contributed by atoms with Gasteiger partial charge in [0.1, 0.15) is 6.54 Å². The van der Waals surface area contributed by atoms with Crippen LogP contribution in [-0.4, -0.2) is 18.4 Å². The zero-order chi connectivity index (χ0) is 9.07. The molecule has 0 radical (unpaired) electrons. The summed E-state index contributed by atoms with van der Waals surface area (Å²) in [5, 5.41) is 0. The number of hydrogen-bond acceptors (Lipinski definition) is 1. The fourth-order valence-electron chi connectivity index (χ4n) is 0.326. The third-order valence-electron chi connectivity index (χ3n) is 1.08. The van der Waals surface area contributed by atoms with Gasteiger partial charge in [0.15, 0.2) is 5.96 Å². The van der Waals surface area contributed by atoms with E-state index in [1.165, 1.54) is 6.92 Å². The predicted molar refractivity (Wildman–Crippen MR) is 40.4 cm³/mol. The van der Waals surface area contributed by atoms with E-state index in [-0.39, 0.29) is 11.5 Å². The number of alkyl halides is 2. The summed E-state index contributed by atoms with van der Waals surface area (Å²) in [6, 6.07) is 0. The fraction of sp³-hybridized carbons (Fsp3) is 0.500. The SMILES string of the molecule is C=C(C)C(F)(F)CN=C(N)N. The van der Waals surface area contributed by atoms with Crippen LogP contribution in [0.5, 0.6) is 0 Å². The van der Waals surface area contributed by atoms with E-state index in [4.69, 9.17) is 11.5 Å². The molecule has 0 aliphatic rings. The van der Waals surface area contributed by atoms with Gasteiger partial charge in [0.2, 0.25) is 0 Å². The smallest absolute Gasteiger partial charge is 0.288 e. The molecule has 4 N–H and O–H groups in total. The van der Waals surface area contributed by atoms with Gasteiger partial charge >= 0.3 is 0 Å². The van der Waals surface area contributed by atoms with Gasteiger partial charge in [-0.3, -0.25) is 0 Å². The van der Waals surface area contributed by atoms with Crippen molar-refractivity contribution in [1.82, 2.24) is 0 Å². The summed E-state index contributed by atoms with van der Waals surface area (Å²) in [5.74, 6) is -3.35. The molecule has 64 valence electrons. The monoisotopic (exact) mass is 163 g/mol. The molecular formula is C6H11F2N3. The van der Waals surface area contributed by atoms with Gasteiger partial charge in [0, 0.05) is 0 Å². The maximum absolute atomic E-state index is 12.6. The van der Waals surface area contributed by atoms with Crippen molar-refractivity contribution in [3.63, 3.8) is 0 Å². The highest BCUT2D eigenvalue weighted by Gasteiger charge is 2.29. The molecule has 0 aromatic rings. The van der Waals surface area contributed by atoms with Gasteiger partial charge < -0.3 is 11.5 Å². The van der Waals surface area contributed by atoms with Crippen LogP contribution in [0.25, 0.3) is 0 Å². The van der Waals surface area contributed by atoms with E-state index >= 15 is 0 Å². The Bertz CT molecular complexity index is 182. The van der Waals surface area contributed by atoms with Gasteiger partial charge in [-0.05, 0) is 12.5 Å². The molecule has 0 rings (SSSR count). The second-order valence-electron chi connectivity index (χ2n) is 2.23. The molecule has 3 nitrogen and oxygen atoms in total. The first-order chi connectivity index (χ1) is 4.86. The Morgan fingerprint density at radius 2 is 2.00 bits per heavy atom. The molecule has 0 heterocycles. The van der Waals surface area contributed by atoms with Crippen LogP contribution in [0.4, 0.5) is 8.78 Å². The largest absolute Gasteiger partial charge is 0.370 e. The average Bonchev–Trinajstić information content (AvgIpc) is 1.84. The van der Waals surface area contributed by atoms with Crippen LogP contribution >= 0.6 is 0 Å². The van der Waals surface area contributed by atoms with E-state index in [0.717, 1.165) is 0 Å². The van der Waals surface area contributed by atoms with Crippen LogP contribution in [0.3, 0.4) is 0 Å². The topological polar surface area (TPSA) is 64.4 Å². The lowest BCUT2D eigenvalue weighted by molar-refractivity contribution is 0.0527. The Labute approximate surface area is 63.8 Å². The number of nitrogens with two attached hydrogens (primary N) is 2. The Kier molecular flexibility index (Phi) is 2.98. The minimum atomic E-state index is -3.01. The highest BCUT2D eigenvalue weighted by atomic mass is 19.3. The number of nitrogens with zero attached hydrogens (tertiary/aromatic N) is 1. The molecular weight excluding hydrogens is 152 g/mol. The van der Waals surface area contributed by atoms with Crippen LogP contribution in [-0.2, 0) is 0 Å². The summed E-state index contributed by atoms with van der Waals surface area (Å²) in [6.07, 6.45) is 0. The normalized spacial score (nSPS) is 10.8. The first kappa shape index (κ1) is 9.87. The van der Waals surface area contributed by atoms with E-state index in [1.807, 2.05) is 0 Å². The average molecular weight is 163 g/mol. The van der Waals surface area contributed by atoms with Crippen LogP contribution < -0.4 is 11.5 Å². The zero-order valence-electron chi connectivity index (χ0n) is 6.27. The molecule has 0 unspecified atom stereocenters. The number of hydrogen-bond donors (Lipinski definition) is 2. The third-order valence-corrected chi connectivity index (χ3v) is 1.08. The van der Waals surface area contributed by atoms with E-state index < -0.39 is 12.5 Å². The second kappa shape index (κ2) is 3.32. The molecule has 0 aromatic heterocycles. The molecule has 0 atom stereocenters. The predicted octanol–water partition coefficient (Wildman–Crippen LogP) is 0.471. The summed E-state index contributed by atoms with van der Waals surface area (Å²) in [7, 11) is 0. The lowest BCUT2D eigenvalue weighted by Crippen LogP contribution is -2.28. The van der Waals surface area contributed by atoms with E-state index in [0.29, 0.717) is 0 Å². The number of rotatable bonds is 3. The number of halogens is 2. The van der Waals surface area contributed by atoms with E-state index in [2.05, 4.69) is 11.6 Å². The summed E-state index contributed by atoms with van der Waals surface area (Å²) < 4.78 is 25.2. The van der Waals surface area contributed by atoms with Gasteiger partial charge in [-0.1, -0.05) is 6.58 Å². The van der Waals surface area contributed by atoms with Crippen molar-refractivity contribution in [3.8, 4) is 0 Å². The lowest BCUT2D eigenvalue weighted by atomic mass is 10.2. The van der Waals surface area contributed by atoms with Crippen LogP contribution in [0, 0.1) is 0 Å². The third kappa shape index (κ3) is 3.54. The molecule has 0 amide bonds. The molecule has 11 heavy (non-hydrogen) atoms. The Balaban J connectivity index is 4.14. The molecule has 0 aliphatic heterocycles. The van der Waals surface area contributed by atoms with Gasteiger partial charge in [0.25, 0.3) is 5.92 Å². The summed E-state index contributed by atoms with van der Waals surface area (Å²) in [4.78, 5) is 3.18. The molecule has 5 heteroatoms. The Morgan fingerprint density at radius 3 is 2.27 bits per heavy atom. The van der Waals surface area contributed by atoms with Crippen LogP contribution in [0.15, 0.2) is 17.1 Å². The van der Waals surface area contributed by atoms with Gasteiger partial charge in [-0.2, -0.15) is 8.78 Å². The fourth-order valence-corrected chi connectivity index (χ4v) is 0.326. The first-order valence-corrected chi connectivity index (χ1v) is 2.95. The molecule has 0 fully saturated rings. The lowest BCUT2D eigenvalue weighted by Gasteiger charge is -2.12. The van der Waals surface area contributed by atoms with E-state index in [9.17, 15) is 8.78 Å². The standard InChI is InChI=1S/C6H11F2N3/c1-4(2)6(7,8)3-11-5(9)10/h1,3H2,2H3,(H4,9,10,11). The quantitative estimate of drug-likeness (QED) is 0.361. The highest BCUT2D eigenvalue weighted by Crippen LogP contribution is 2.21. The van der Waals surface area contributed by atoms with Crippen molar-refractivity contribution in [3.05, 3.63) is 12.2 Å². The molecule has 0 aliphatic carbocycles. The molecule has 0 bridgehead atoms. The summed E-state index contributed by atoms with van der Waals surface area (Å²) >= 11 is 0. The van der Waals surface area contributed by atoms with Gasteiger partial charge in [0.05, 0.1) is 0 Å². The highest BCUT2D eigenvalue weighted by molar-refractivity contribution is 5.75. The van der Waals surface area contributed by atoms with Crippen molar-refractivity contribution in [1.29, 1.82) is 0 Å². The Morgan fingerprint density at radius 1 is 1.55 bits per heavy atom. The van der Waals surface area contributed by atoms with Crippen molar-refractivity contribution < 1.29 is 8.78 Å². The van der Waals surface area contributed by atoms with Crippen molar-refractivity contribution in [2.24, 2.45) is 16.5 Å². The zero-order valence-corrected chi connectivity index (χ0v) is 6.27. The van der Waals surface area contributed by atoms with Crippen LogP contribution in [0.1, 0.15) is 6.92 Å². The summed E-state index contributed by atoms with van der Waals surface area (Å²) in [6.45, 7) is 3.60. The van der Waals surface area contributed by atoms with Crippen molar-refractivity contribution >= 4 is 5.96 Å². The van der Waals surface area contributed by atoms with Gasteiger partial charge in [-0.25, -0.2) is 4.99 Å². The number of guanidine groups is 1. The Hall–Kier alpha value is -1.13. The first-order valence-electron chi connectivity index (χ1n) is 2.95. The maximum Gasteiger partial charge on any atom is 0.288 e. The van der Waals surface area contributed by atoms with Gasteiger partial charge in [-0.15, -0.1) is 0 Å². The summed E-state index contributed by atoms with van der Waals surface area (Å²) in [5.41, 5.74) is 9.48. The minimum absolute atomic E-state index is 0.248. The van der Waals surface area contributed by atoms with Crippen LogP contribution in [0.2, 0.25) is 0 Å². The molecule has 0 saturated heterocycles. The van der Waals surface area contributed by atoms with Crippen molar-refractivity contribution in [2.75, 3.05) is 6.54 Å². The van der Waals surface area contributed by atoms with E-state index in [1.54, 1.807) is 0 Å². The molecule has 0 saturated carbocycles. The molecule has 0 aromatic carbocycles. The maximum atomic E-state index is 12.6. The number of aliphatic imine (C=N–C) groups is 1. The van der Waals surface area contributed by atoms with Crippen molar-refractivity contribution in [2.45, 2.75) is 12.8 Å². The minimum Gasteiger partial charge on any atom is -0.370 e.